The molecular formula is C17H34IN5. The lowest BCUT2D eigenvalue weighted by molar-refractivity contribution is 0.491. The highest BCUT2D eigenvalue weighted by atomic mass is 127. The number of aromatic nitrogens is 2. The predicted octanol–water partition coefficient (Wildman–Crippen LogP) is 3.66. The van der Waals surface area contributed by atoms with Gasteiger partial charge in [0.1, 0.15) is 0 Å². The van der Waals surface area contributed by atoms with Crippen LogP contribution in [0.2, 0.25) is 0 Å². The third-order valence-corrected chi connectivity index (χ3v) is 3.55. The van der Waals surface area contributed by atoms with Gasteiger partial charge >= 0.3 is 0 Å². The van der Waals surface area contributed by atoms with Gasteiger partial charge in [0.15, 0.2) is 5.96 Å². The Morgan fingerprint density at radius 1 is 1.22 bits per heavy atom. The Morgan fingerprint density at radius 3 is 2.61 bits per heavy atom. The summed E-state index contributed by atoms with van der Waals surface area (Å²) in [4.78, 5) is 8.70. The van der Waals surface area contributed by atoms with Gasteiger partial charge < -0.3 is 15.2 Å². The van der Waals surface area contributed by atoms with E-state index in [4.69, 9.17) is 0 Å². The molecule has 23 heavy (non-hydrogen) atoms. The van der Waals surface area contributed by atoms with Crippen LogP contribution in [-0.4, -0.2) is 34.6 Å². The second kappa shape index (κ2) is 13.6. The molecule has 0 radical (unpaired) electrons. The molecule has 0 fully saturated rings. The summed E-state index contributed by atoms with van der Waals surface area (Å²) in [5, 5.41) is 6.83. The number of hydrogen-bond acceptors (Lipinski definition) is 2. The molecular weight excluding hydrogens is 401 g/mol. The van der Waals surface area contributed by atoms with E-state index in [-0.39, 0.29) is 24.0 Å². The molecule has 1 aromatic rings. The summed E-state index contributed by atoms with van der Waals surface area (Å²) in [6.45, 7) is 11.6. The lowest BCUT2D eigenvalue weighted by atomic mass is 10.0. The fourth-order valence-corrected chi connectivity index (χ4v) is 2.32. The summed E-state index contributed by atoms with van der Waals surface area (Å²) in [5.41, 5.74) is 0. The molecule has 1 atom stereocenters. The maximum Gasteiger partial charge on any atom is 0.191 e. The second-order valence-electron chi connectivity index (χ2n) is 6.28. The first-order valence-electron chi connectivity index (χ1n) is 8.62. The number of rotatable bonds is 10. The maximum atomic E-state index is 4.66. The molecule has 2 N–H and O–H groups in total. The van der Waals surface area contributed by atoms with Crippen LogP contribution in [0.1, 0.15) is 53.4 Å². The van der Waals surface area contributed by atoms with E-state index in [9.17, 15) is 0 Å². The highest BCUT2D eigenvalue weighted by Crippen LogP contribution is 2.08. The normalized spacial score (nSPS) is 12.8. The first-order valence-corrected chi connectivity index (χ1v) is 8.62. The van der Waals surface area contributed by atoms with Crippen molar-refractivity contribution in [1.29, 1.82) is 0 Å². The zero-order valence-corrected chi connectivity index (χ0v) is 17.4. The zero-order valence-electron chi connectivity index (χ0n) is 15.1. The van der Waals surface area contributed by atoms with Crippen LogP contribution in [-0.2, 0) is 6.54 Å². The van der Waals surface area contributed by atoms with Crippen molar-refractivity contribution in [3.8, 4) is 0 Å². The van der Waals surface area contributed by atoms with Gasteiger partial charge in [-0.25, -0.2) is 4.98 Å². The van der Waals surface area contributed by atoms with Crippen LogP contribution in [0.3, 0.4) is 0 Å². The van der Waals surface area contributed by atoms with Gasteiger partial charge in [-0.2, -0.15) is 0 Å². The molecule has 5 nitrogen and oxygen atoms in total. The zero-order chi connectivity index (χ0) is 16.2. The van der Waals surface area contributed by atoms with Crippen molar-refractivity contribution in [2.75, 3.05) is 13.1 Å². The predicted molar refractivity (Wildman–Crippen MR) is 110 cm³/mol. The average Bonchev–Trinajstić information content (AvgIpc) is 2.96. The topological polar surface area (TPSA) is 54.2 Å². The number of hydrogen-bond donors (Lipinski definition) is 2. The summed E-state index contributed by atoms with van der Waals surface area (Å²) in [6.07, 6.45) is 10.4. The molecule has 0 aliphatic rings. The van der Waals surface area contributed by atoms with Crippen molar-refractivity contribution in [2.24, 2.45) is 10.9 Å². The van der Waals surface area contributed by atoms with Crippen molar-refractivity contribution in [3.05, 3.63) is 18.7 Å². The molecule has 1 aromatic heterocycles. The van der Waals surface area contributed by atoms with E-state index in [0.29, 0.717) is 6.04 Å². The highest BCUT2D eigenvalue weighted by Gasteiger charge is 2.05. The van der Waals surface area contributed by atoms with Gasteiger partial charge in [-0.05, 0) is 32.6 Å². The summed E-state index contributed by atoms with van der Waals surface area (Å²) in [5.74, 6) is 1.72. The molecule has 1 rings (SSSR count). The second-order valence-corrected chi connectivity index (χ2v) is 6.28. The Morgan fingerprint density at radius 2 is 2.00 bits per heavy atom. The van der Waals surface area contributed by atoms with E-state index >= 15 is 0 Å². The number of nitrogens with zero attached hydrogens (tertiary/aromatic N) is 3. The minimum Gasteiger partial charge on any atom is -0.357 e. The molecule has 0 spiro atoms. The molecule has 0 saturated carbocycles. The molecule has 1 heterocycles. The minimum absolute atomic E-state index is 0. The Hall–Kier alpha value is -0.790. The summed E-state index contributed by atoms with van der Waals surface area (Å²) in [6, 6.07) is 0.463. The first kappa shape index (κ1) is 22.2. The number of imidazole rings is 1. The molecule has 0 saturated heterocycles. The van der Waals surface area contributed by atoms with Crippen LogP contribution in [0, 0.1) is 5.92 Å². The van der Waals surface area contributed by atoms with Crippen molar-refractivity contribution < 1.29 is 0 Å². The number of halogens is 1. The van der Waals surface area contributed by atoms with Crippen molar-refractivity contribution in [2.45, 2.75) is 66.0 Å². The smallest absolute Gasteiger partial charge is 0.191 e. The average molecular weight is 435 g/mol. The molecule has 134 valence electrons. The molecule has 0 aliphatic heterocycles. The first-order chi connectivity index (χ1) is 10.6. The van der Waals surface area contributed by atoms with E-state index in [1.54, 1.807) is 0 Å². The minimum atomic E-state index is 0. The van der Waals surface area contributed by atoms with Crippen LogP contribution < -0.4 is 10.6 Å². The van der Waals surface area contributed by atoms with Gasteiger partial charge in [-0.1, -0.05) is 26.7 Å². The van der Waals surface area contributed by atoms with Crippen LogP contribution in [0.5, 0.6) is 0 Å². The van der Waals surface area contributed by atoms with Crippen molar-refractivity contribution in [3.63, 3.8) is 0 Å². The molecule has 0 aromatic carbocycles. The van der Waals surface area contributed by atoms with E-state index in [1.165, 1.54) is 19.3 Å². The monoisotopic (exact) mass is 435 g/mol. The van der Waals surface area contributed by atoms with Gasteiger partial charge in [0.05, 0.1) is 6.33 Å². The Bertz CT molecular complexity index is 403. The van der Waals surface area contributed by atoms with Crippen molar-refractivity contribution >= 4 is 29.9 Å². The Labute approximate surface area is 158 Å². The lowest BCUT2D eigenvalue weighted by Crippen LogP contribution is -2.42. The van der Waals surface area contributed by atoms with Crippen LogP contribution in [0.15, 0.2) is 23.7 Å². The van der Waals surface area contributed by atoms with Gasteiger partial charge in [-0.15, -0.1) is 24.0 Å². The molecule has 6 heteroatoms. The number of guanidine groups is 1. The van der Waals surface area contributed by atoms with E-state index in [0.717, 1.165) is 37.9 Å². The van der Waals surface area contributed by atoms with Crippen LogP contribution in [0.25, 0.3) is 0 Å². The quantitative estimate of drug-likeness (QED) is 0.255. The van der Waals surface area contributed by atoms with E-state index < -0.39 is 0 Å². The third-order valence-electron chi connectivity index (χ3n) is 3.55. The fourth-order valence-electron chi connectivity index (χ4n) is 2.32. The van der Waals surface area contributed by atoms with Crippen LogP contribution in [0.4, 0.5) is 0 Å². The van der Waals surface area contributed by atoms with Gasteiger partial charge in [0.25, 0.3) is 0 Å². The standard InChI is InChI=1S/C17H33N5.HI/c1-5-19-17(21-16(4)9-6-8-15(2)3)20-10-7-12-22-13-11-18-14-22;/h11,13-16H,5-10,12H2,1-4H3,(H2,19,20,21);1H. The SMILES string of the molecule is CCNC(=NCCCn1ccnc1)NC(C)CCCC(C)C.I. The van der Waals surface area contributed by atoms with E-state index in [2.05, 4.69) is 52.9 Å². The highest BCUT2D eigenvalue weighted by molar-refractivity contribution is 14.0. The van der Waals surface area contributed by atoms with Gasteiger partial charge in [0, 0.05) is 38.1 Å². The van der Waals surface area contributed by atoms with Gasteiger partial charge in [-0.3, -0.25) is 4.99 Å². The largest absolute Gasteiger partial charge is 0.357 e. The summed E-state index contributed by atoms with van der Waals surface area (Å²) >= 11 is 0. The molecule has 0 amide bonds. The van der Waals surface area contributed by atoms with Crippen LogP contribution >= 0.6 is 24.0 Å². The molecule has 0 aliphatic carbocycles. The Balaban J connectivity index is 0.00000484. The number of nitrogens with one attached hydrogen (secondary N) is 2. The van der Waals surface area contributed by atoms with E-state index in [1.807, 2.05) is 18.7 Å². The Kier molecular flexibility index (Phi) is 13.2. The fraction of sp³-hybridized carbons (Fsp3) is 0.765. The van der Waals surface area contributed by atoms with Crippen molar-refractivity contribution in [1.82, 2.24) is 20.2 Å². The number of aryl methyl sites for hydroxylation is 1. The molecule has 0 bridgehead atoms. The summed E-state index contributed by atoms with van der Waals surface area (Å²) in [7, 11) is 0. The third kappa shape index (κ3) is 11.4. The maximum absolute atomic E-state index is 4.66. The lowest BCUT2D eigenvalue weighted by Gasteiger charge is -2.18. The van der Waals surface area contributed by atoms with Gasteiger partial charge in [0.2, 0.25) is 0 Å². The summed E-state index contributed by atoms with van der Waals surface area (Å²) < 4.78 is 2.09. The number of aliphatic imine (C=N–C) groups is 1. The molecule has 1 unspecified atom stereocenters.